The Balaban J connectivity index is 1.74. The number of amidine groups is 1. The van der Waals surface area contributed by atoms with Crippen molar-refractivity contribution < 1.29 is 9.59 Å². The van der Waals surface area contributed by atoms with Crippen LogP contribution in [0.2, 0.25) is 0 Å². The molecule has 4 unspecified atom stereocenters. The number of amides is 1. The van der Waals surface area contributed by atoms with Crippen molar-refractivity contribution in [2.24, 2.45) is 34.5 Å². The van der Waals surface area contributed by atoms with Crippen LogP contribution in [-0.2, 0) is 16.6 Å². The molecular weight excluding hydrogens is 528 g/mol. The van der Waals surface area contributed by atoms with Crippen molar-refractivity contribution in [1.29, 1.82) is 10.5 Å². The lowest BCUT2D eigenvalue weighted by atomic mass is 9.65. The van der Waals surface area contributed by atoms with Crippen LogP contribution in [0.5, 0.6) is 0 Å². The van der Waals surface area contributed by atoms with Crippen LogP contribution in [0, 0.1) is 40.4 Å². The quantitative estimate of drug-likeness (QED) is 0.0432. The van der Waals surface area contributed by atoms with Gasteiger partial charge in [-0.1, -0.05) is 44.4 Å². The Bertz CT molecular complexity index is 1350. The van der Waals surface area contributed by atoms with E-state index >= 15 is 0 Å². The van der Waals surface area contributed by atoms with Gasteiger partial charge in [0.25, 0.3) is 5.78 Å². The topological polar surface area (TPSA) is 173 Å². The number of nitrogens with two attached hydrogens (primary N) is 2. The van der Waals surface area contributed by atoms with Crippen LogP contribution in [0.1, 0.15) is 87.7 Å². The third-order valence-electron chi connectivity index (χ3n) is 9.89. The standard InChI is InChI=1S/C32H44N8O2/c1-5-24-20(4)30(24)40(14-13-33)29(42)18-37-27(21-9-10-21)16-32(31(38-35)39-36)25(6-2)19(3)7-8-22-15-23(28(41)17-34)11-12-26(22)32/h11-12,15,20-21,24,27,30,37H,5-10,14,16,18,35-36H2,1-4H3,(H,38,39)/t20?,24?,27-,30?,32?/m0/s1. The molecule has 2 saturated carbocycles. The SMILES string of the molecule is CCC1=C(C)CCc2cc(C(=O)C#N)ccc2C1(C[C@H](NCC(=O)N(CC#N)C1C(C)C1CC)C1CC1)/C(=N/N)NN. The Morgan fingerprint density at radius 2 is 1.98 bits per heavy atom. The van der Waals surface area contributed by atoms with Crippen molar-refractivity contribution in [2.45, 2.75) is 90.1 Å². The van der Waals surface area contributed by atoms with E-state index in [1.165, 1.54) is 5.57 Å². The van der Waals surface area contributed by atoms with Gasteiger partial charge in [0.1, 0.15) is 12.6 Å². The molecule has 0 heterocycles. The van der Waals surface area contributed by atoms with Crippen molar-refractivity contribution in [3.8, 4) is 12.1 Å². The van der Waals surface area contributed by atoms with Gasteiger partial charge in [0.05, 0.1) is 18.0 Å². The molecule has 0 aromatic heterocycles. The van der Waals surface area contributed by atoms with Crippen molar-refractivity contribution in [2.75, 3.05) is 13.1 Å². The lowest BCUT2D eigenvalue weighted by Gasteiger charge is -2.41. The maximum absolute atomic E-state index is 13.5. The summed E-state index contributed by atoms with van der Waals surface area (Å²) in [6, 6.07) is 9.41. The molecule has 3 aliphatic rings. The van der Waals surface area contributed by atoms with E-state index in [2.05, 4.69) is 49.6 Å². The van der Waals surface area contributed by atoms with Crippen LogP contribution in [0.4, 0.5) is 0 Å². The molecule has 0 spiro atoms. The summed E-state index contributed by atoms with van der Waals surface area (Å²) < 4.78 is 0. The van der Waals surface area contributed by atoms with Crippen LogP contribution in [-0.4, -0.2) is 47.6 Å². The van der Waals surface area contributed by atoms with E-state index in [1.54, 1.807) is 17.0 Å². The summed E-state index contributed by atoms with van der Waals surface area (Å²) >= 11 is 0. The zero-order chi connectivity index (χ0) is 30.6. The normalized spacial score (nSPS) is 25.9. The third-order valence-corrected chi connectivity index (χ3v) is 9.89. The zero-order valence-electron chi connectivity index (χ0n) is 25.2. The second-order valence-corrected chi connectivity index (χ2v) is 12.1. The fraction of sp³-hybridized carbons (Fsp3) is 0.594. The number of fused-ring (bicyclic) bond motifs is 1. The number of nitriles is 2. The minimum atomic E-state index is -0.823. The molecule has 5 atom stereocenters. The highest BCUT2D eigenvalue weighted by Crippen LogP contribution is 2.49. The first-order valence-electron chi connectivity index (χ1n) is 15.1. The van der Waals surface area contributed by atoms with E-state index in [9.17, 15) is 20.1 Å². The number of hydrogen-bond acceptors (Lipinski definition) is 8. The lowest BCUT2D eigenvalue weighted by molar-refractivity contribution is -0.130. The monoisotopic (exact) mass is 572 g/mol. The van der Waals surface area contributed by atoms with E-state index in [4.69, 9.17) is 11.7 Å². The predicted octanol–water partition coefficient (Wildman–Crippen LogP) is 3.19. The number of nitrogens with zero attached hydrogens (tertiary/aromatic N) is 4. The second-order valence-electron chi connectivity index (χ2n) is 12.1. The summed E-state index contributed by atoms with van der Waals surface area (Å²) in [5, 5.41) is 26.5. The minimum absolute atomic E-state index is 0.0534. The number of allylic oxidation sites excluding steroid dienone is 1. The second kappa shape index (κ2) is 13.1. The molecule has 10 nitrogen and oxygen atoms in total. The van der Waals surface area contributed by atoms with Crippen molar-refractivity contribution in [3.05, 3.63) is 46.0 Å². The highest BCUT2D eigenvalue weighted by atomic mass is 16.2. The van der Waals surface area contributed by atoms with E-state index in [0.29, 0.717) is 42.0 Å². The summed E-state index contributed by atoms with van der Waals surface area (Å²) in [4.78, 5) is 27.6. The molecule has 0 bridgehead atoms. The highest BCUT2D eigenvalue weighted by molar-refractivity contribution is 6.08. The first kappa shape index (κ1) is 31.2. The van der Waals surface area contributed by atoms with Gasteiger partial charge in [-0.25, -0.2) is 5.84 Å². The zero-order valence-corrected chi connectivity index (χ0v) is 25.2. The first-order chi connectivity index (χ1) is 20.2. The van der Waals surface area contributed by atoms with Crippen LogP contribution < -0.4 is 22.4 Å². The van der Waals surface area contributed by atoms with Crippen molar-refractivity contribution in [1.82, 2.24) is 15.6 Å². The average molecular weight is 573 g/mol. The van der Waals surface area contributed by atoms with Gasteiger partial charge in [0.15, 0.2) is 5.84 Å². The van der Waals surface area contributed by atoms with Gasteiger partial charge in [-0.3, -0.25) is 9.59 Å². The van der Waals surface area contributed by atoms with E-state index < -0.39 is 11.2 Å². The minimum Gasteiger partial charge on any atom is -0.325 e. The molecule has 0 aliphatic heterocycles. The van der Waals surface area contributed by atoms with Crippen LogP contribution in [0.3, 0.4) is 0 Å². The van der Waals surface area contributed by atoms with Gasteiger partial charge in [0, 0.05) is 17.6 Å². The summed E-state index contributed by atoms with van der Waals surface area (Å²) in [6.07, 6.45) is 5.84. The Kier molecular flexibility index (Phi) is 9.71. The summed E-state index contributed by atoms with van der Waals surface area (Å²) in [6.45, 7) is 8.73. The predicted molar refractivity (Wildman–Crippen MR) is 162 cm³/mol. The molecule has 42 heavy (non-hydrogen) atoms. The highest BCUT2D eigenvalue weighted by Gasteiger charge is 2.51. The Morgan fingerprint density at radius 1 is 1.24 bits per heavy atom. The van der Waals surface area contributed by atoms with Crippen LogP contribution >= 0.6 is 0 Å². The molecular formula is C32H44N8O2. The van der Waals surface area contributed by atoms with E-state index in [-0.39, 0.29) is 31.1 Å². The fourth-order valence-electron chi connectivity index (χ4n) is 7.54. The van der Waals surface area contributed by atoms with Crippen LogP contribution in [0.15, 0.2) is 34.4 Å². The maximum atomic E-state index is 13.5. The van der Waals surface area contributed by atoms with Gasteiger partial charge in [-0.2, -0.15) is 15.6 Å². The molecule has 1 aromatic carbocycles. The number of ketones is 1. The number of benzene rings is 1. The Morgan fingerprint density at radius 3 is 2.52 bits per heavy atom. The number of Topliss-reactive ketones (excluding diaryl/α,β-unsaturated/α-hetero) is 1. The van der Waals surface area contributed by atoms with Gasteiger partial charge < -0.3 is 21.5 Å². The van der Waals surface area contributed by atoms with E-state index in [0.717, 1.165) is 48.8 Å². The molecule has 1 aromatic rings. The number of rotatable bonds is 12. The third kappa shape index (κ3) is 5.79. The smallest absolute Gasteiger partial charge is 0.262 e. The lowest BCUT2D eigenvalue weighted by Crippen LogP contribution is -2.54. The Hall–Kier alpha value is -3.73. The largest absolute Gasteiger partial charge is 0.325 e. The van der Waals surface area contributed by atoms with Gasteiger partial charge >= 0.3 is 0 Å². The van der Waals surface area contributed by atoms with Gasteiger partial charge in [0.2, 0.25) is 5.91 Å². The molecule has 1 amide bonds. The molecule has 6 N–H and O–H groups in total. The number of hydrogen-bond donors (Lipinski definition) is 4. The fourth-order valence-corrected chi connectivity index (χ4v) is 7.54. The van der Waals surface area contributed by atoms with E-state index in [1.807, 2.05) is 12.1 Å². The molecule has 224 valence electrons. The maximum Gasteiger partial charge on any atom is 0.262 e. The average Bonchev–Trinajstić information content (AvgIpc) is 3.93. The Labute approximate surface area is 249 Å². The number of nitrogens with one attached hydrogen (secondary N) is 2. The molecule has 0 saturated heterocycles. The number of aryl methyl sites for hydroxylation is 1. The first-order valence-corrected chi connectivity index (χ1v) is 15.1. The van der Waals surface area contributed by atoms with Gasteiger partial charge in [-0.15, -0.1) is 0 Å². The van der Waals surface area contributed by atoms with Gasteiger partial charge in [-0.05, 0) is 86.5 Å². The summed E-state index contributed by atoms with van der Waals surface area (Å²) in [7, 11) is 0. The summed E-state index contributed by atoms with van der Waals surface area (Å²) in [5.74, 6) is 13.1. The number of carbonyl (C=O) groups excluding carboxylic acids is 2. The number of hydrazone groups is 1. The molecule has 3 aliphatic carbocycles. The number of carbonyl (C=O) groups is 2. The molecule has 2 fully saturated rings. The van der Waals surface area contributed by atoms with Crippen LogP contribution in [0.25, 0.3) is 0 Å². The molecule has 0 radical (unpaired) electrons. The molecule has 10 heteroatoms. The number of hydrazine groups is 1. The summed E-state index contributed by atoms with van der Waals surface area (Å²) in [5.41, 5.74) is 6.60. The van der Waals surface area contributed by atoms with Crippen molar-refractivity contribution >= 4 is 17.5 Å². The van der Waals surface area contributed by atoms with Crippen molar-refractivity contribution in [3.63, 3.8) is 0 Å². The molecule has 4 rings (SSSR count).